The maximum absolute atomic E-state index is 10.7. The van der Waals surface area contributed by atoms with Crippen LogP contribution in [0.4, 0.5) is 0 Å². The van der Waals surface area contributed by atoms with Gasteiger partial charge in [-0.25, -0.2) is 0 Å². The largest absolute Gasteiger partial charge is 2.00 e. The van der Waals surface area contributed by atoms with E-state index in [4.69, 9.17) is 0 Å². The third kappa shape index (κ3) is 45.9. The molecule has 0 radical (unpaired) electrons. The normalized spacial score (nSPS) is 11.2. The van der Waals surface area contributed by atoms with Gasteiger partial charge in [0.25, 0.3) is 0 Å². The zero-order valence-corrected chi connectivity index (χ0v) is 36.5. The Kier molecular flexibility index (Phi) is 51.0. The molecule has 0 bridgehead atoms. The molecular weight excluding hydrogens is 689 g/mol. The van der Waals surface area contributed by atoms with Crippen LogP contribution in [0.3, 0.4) is 0 Å². The molecule has 0 aromatic heterocycles. The number of carbonyl (C=O) groups is 4. The van der Waals surface area contributed by atoms with E-state index in [2.05, 4.69) is 13.8 Å². The van der Waals surface area contributed by atoms with Crippen molar-refractivity contribution in [2.75, 3.05) is 0 Å². The Morgan fingerprint density at radius 2 is 0.520 bits per heavy atom. The van der Waals surface area contributed by atoms with Crippen molar-refractivity contribution in [3.05, 3.63) is 23.3 Å². The molecule has 0 unspecified atom stereocenters. The summed E-state index contributed by atoms with van der Waals surface area (Å²) in [6.07, 6.45) is 36.2. The maximum Gasteiger partial charge on any atom is 2.00 e. The summed E-state index contributed by atoms with van der Waals surface area (Å²) in [7, 11) is 0. The molecule has 0 aliphatic heterocycles. The fraction of sp³-hybridized carbons (Fsp3) is 0.800. The van der Waals surface area contributed by atoms with E-state index in [1.807, 2.05) is 0 Å². The van der Waals surface area contributed by atoms with E-state index in [1.54, 1.807) is 0 Å². The summed E-state index contributed by atoms with van der Waals surface area (Å²) in [5.41, 5.74) is -0.345. The molecular formula is C40H68Ca2O8. The van der Waals surface area contributed by atoms with Crippen LogP contribution in [0.5, 0.6) is 0 Å². The van der Waals surface area contributed by atoms with Gasteiger partial charge in [0, 0.05) is 0 Å². The Morgan fingerprint density at radius 3 is 0.680 bits per heavy atom. The van der Waals surface area contributed by atoms with Gasteiger partial charge in [-0.05, 0) is 49.0 Å². The first-order valence-electron chi connectivity index (χ1n) is 19.4. The molecule has 0 atom stereocenters. The van der Waals surface area contributed by atoms with Gasteiger partial charge in [0.2, 0.25) is 0 Å². The molecule has 280 valence electrons. The van der Waals surface area contributed by atoms with Crippen molar-refractivity contribution >= 4 is 99.4 Å². The fourth-order valence-corrected chi connectivity index (χ4v) is 5.77. The summed E-state index contributed by atoms with van der Waals surface area (Å²) in [6.45, 7) is 4.49. The van der Waals surface area contributed by atoms with Gasteiger partial charge in [0.15, 0.2) is 0 Å². The SMILES string of the molecule is CCCCCCCCCCCCCCCCC(=CC(=O)[O-])C(=O)[O-].CCCCCCCCCCCCCCCCC(=CC(=O)[O-])C(=O)[O-].[Ca+2].[Ca+2]. The van der Waals surface area contributed by atoms with E-state index in [0.29, 0.717) is 25.0 Å². The molecule has 0 aliphatic carbocycles. The van der Waals surface area contributed by atoms with Gasteiger partial charge in [-0.1, -0.05) is 181 Å². The van der Waals surface area contributed by atoms with Crippen LogP contribution < -0.4 is 20.4 Å². The number of carboxylic acids is 4. The van der Waals surface area contributed by atoms with Crippen LogP contribution in [0.25, 0.3) is 0 Å². The third-order valence-corrected chi connectivity index (χ3v) is 8.71. The van der Waals surface area contributed by atoms with Crippen molar-refractivity contribution in [3.63, 3.8) is 0 Å². The third-order valence-electron chi connectivity index (χ3n) is 8.71. The van der Waals surface area contributed by atoms with Gasteiger partial charge >= 0.3 is 75.5 Å². The topological polar surface area (TPSA) is 161 Å². The fourth-order valence-electron chi connectivity index (χ4n) is 5.77. The summed E-state index contributed by atoms with van der Waals surface area (Å²) >= 11 is 0. The average Bonchev–Trinajstić information content (AvgIpc) is 3.03. The molecule has 0 heterocycles. The Morgan fingerprint density at radius 1 is 0.340 bits per heavy atom. The van der Waals surface area contributed by atoms with E-state index in [1.165, 1.54) is 141 Å². The Bertz CT molecular complexity index is 803. The first kappa shape index (κ1) is 56.6. The van der Waals surface area contributed by atoms with E-state index in [9.17, 15) is 39.6 Å². The zero-order valence-electron chi connectivity index (χ0n) is 32.0. The second-order valence-corrected chi connectivity index (χ2v) is 13.2. The quantitative estimate of drug-likeness (QED) is 0.0452. The van der Waals surface area contributed by atoms with Crippen LogP contribution in [0.1, 0.15) is 206 Å². The van der Waals surface area contributed by atoms with Crippen LogP contribution in [-0.4, -0.2) is 99.4 Å². The molecule has 0 aromatic carbocycles. The van der Waals surface area contributed by atoms with Crippen LogP contribution >= 0.6 is 0 Å². The smallest absolute Gasteiger partial charge is 0.545 e. The van der Waals surface area contributed by atoms with Crippen LogP contribution in [0.15, 0.2) is 23.3 Å². The van der Waals surface area contributed by atoms with Crippen molar-refractivity contribution in [2.24, 2.45) is 0 Å². The van der Waals surface area contributed by atoms with Gasteiger partial charge in [0.1, 0.15) is 0 Å². The van der Waals surface area contributed by atoms with Crippen molar-refractivity contribution in [1.82, 2.24) is 0 Å². The van der Waals surface area contributed by atoms with Crippen molar-refractivity contribution in [2.45, 2.75) is 206 Å². The number of carbonyl (C=O) groups excluding carboxylic acids is 4. The van der Waals surface area contributed by atoms with Crippen molar-refractivity contribution < 1.29 is 39.6 Å². The molecule has 0 fully saturated rings. The summed E-state index contributed by atoms with van der Waals surface area (Å²) in [5.74, 6) is -5.76. The van der Waals surface area contributed by atoms with E-state index < -0.39 is 23.9 Å². The standard InChI is InChI=1S/2C20H36O4.2Ca/c2*1-2-3-4-5-6-7-8-9-10-11-12-13-14-15-16-18(20(23)24)17-19(21)22;;/h2*17H,2-16H2,1H3,(H,21,22)(H,23,24);;/q;;2*+2/p-4. The molecule has 0 saturated heterocycles. The maximum atomic E-state index is 10.7. The van der Waals surface area contributed by atoms with Crippen molar-refractivity contribution in [1.29, 1.82) is 0 Å². The monoisotopic (exact) mass is 756 g/mol. The zero-order chi connectivity index (χ0) is 36.1. The van der Waals surface area contributed by atoms with Gasteiger partial charge in [-0.15, -0.1) is 0 Å². The molecule has 8 nitrogen and oxygen atoms in total. The minimum atomic E-state index is -1.47. The summed E-state index contributed by atoms with van der Waals surface area (Å²) in [5, 5.41) is 42.2. The first-order chi connectivity index (χ1) is 23.1. The average molecular weight is 757 g/mol. The molecule has 0 saturated carbocycles. The van der Waals surface area contributed by atoms with E-state index in [0.717, 1.165) is 25.7 Å². The number of hydrogen-bond acceptors (Lipinski definition) is 8. The van der Waals surface area contributed by atoms with Crippen LogP contribution in [-0.2, 0) is 19.2 Å². The van der Waals surface area contributed by atoms with Gasteiger partial charge < -0.3 is 39.6 Å². The number of aliphatic carboxylic acids is 4. The first-order valence-corrected chi connectivity index (χ1v) is 19.4. The Labute approximate surface area is 365 Å². The molecule has 50 heavy (non-hydrogen) atoms. The second kappa shape index (κ2) is 45.0. The Balaban J connectivity index is -0.000000407. The molecule has 0 N–H and O–H groups in total. The van der Waals surface area contributed by atoms with E-state index >= 15 is 0 Å². The minimum Gasteiger partial charge on any atom is -0.545 e. The molecule has 0 spiro atoms. The van der Waals surface area contributed by atoms with Crippen LogP contribution in [0, 0.1) is 0 Å². The summed E-state index contributed by atoms with van der Waals surface area (Å²) < 4.78 is 0. The molecule has 0 aliphatic rings. The predicted octanol–water partition coefficient (Wildman–Crippen LogP) is 5.81. The molecule has 0 amide bonds. The Hall–Kier alpha value is -0.121. The predicted molar refractivity (Wildman–Crippen MR) is 198 cm³/mol. The second-order valence-electron chi connectivity index (χ2n) is 13.2. The van der Waals surface area contributed by atoms with Gasteiger partial charge in [-0.3, -0.25) is 0 Å². The number of unbranched alkanes of at least 4 members (excludes halogenated alkanes) is 26. The number of carboxylic acid groups (broad SMARTS) is 4. The van der Waals surface area contributed by atoms with Gasteiger partial charge in [-0.2, -0.15) is 0 Å². The van der Waals surface area contributed by atoms with Gasteiger partial charge in [0.05, 0.1) is 23.9 Å². The van der Waals surface area contributed by atoms with Crippen molar-refractivity contribution in [3.8, 4) is 0 Å². The summed E-state index contributed by atoms with van der Waals surface area (Å²) in [6, 6.07) is 0. The summed E-state index contributed by atoms with van der Waals surface area (Å²) in [4.78, 5) is 42.2. The van der Waals surface area contributed by atoms with Crippen LogP contribution in [0.2, 0.25) is 0 Å². The number of rotatable bonds is 34. The minimum absolute atomic E-state index is 0. The molecule has 0 aromatic rings. The van der Waals surface area contributed by atoms with E-state index in [-0.39, 0.29) is 99.5 Å². The molecule has 0 rings (SSSR count). The molecule has 10 heteroatoms. The number of hydrogen-bond donors (Lipinski definition) is 0.